The van der Waals surface area contributed by atoms with Gasteiger partial charge in [-0.2, -0.15) is 0 Å². The highest BCUT2D eigenvalue weighted by atomic mass is 32.1. The lowest BCUT2D eigenvalue weighted by molar-refractivity contribution is 0.309. The third-order valence-electron chi connectivity index (χ3n) is 3.51. The van der Waals surface area contributed by atoms with E-state index in [1.807, 2.05) is 11.3 Å². The van der Waals surface area contributed by atoms with Crippen LogP contribution in [0.25, 0.3) is 0 Å². The second-order valence-electron chi connectivity index (χ2n) is 5.61. The molecule has 0 saturated carbocycles. The minimum Gasteiger partial charge on any atom is -0.488 e. The summed E-state index contributed by atoms with van der Waals surface area (Å²) in [4.78, 5) is 2.63. The number of hydrogen-bond acceptors (Lipinski definition) is 3. The van der Waals surface area contributed by atoms with Gasteiger partial charge in [-0.05, 0) is 54.8 Å². The van der Waals surface area contributed by atoms with Crippen molar-refractivity contribution in [1.29, 1.82) is 0 Å². The predicted molar refractivity (Wildman–Crippen MR) is 91.3 cm³/mol. The zero-order chi connectivity index (χ0) is 15.2. The molecule has 1 N–H and O–H groups in total. The molecule has 1 aromatic heterocycles. The largest absolute Gasteiger partial charge is 0.488 e. The van der Waals surface area contributed by atoms with E-state index in [1.54, 1.807) is 0 Å². The summed E-state index contributed by atoms with van der Waals surface area (Å²) < 4.78 is 5.92. The van der Waals surface area contributed by atoms with Crippen LogP contribution in [0.1, 0.15) is 47.6 Å². The highest BCUT2D eigenvalue weighted by Crippen LogP contribution is 2.25. The minimum atomic E-state index is 0.560. The molecular formula is C18H25NOS. The molecule has 0 atom stereocenters. The Kier molecular flexibility index (Phi) is 5.83. The van der Waals surface area contributed by atoms with Crippen molar-refractivity contribution < 1.29 is 4.74 Å². The summed E-state index contributed by atoms with van der Waals surface area (Å²) in [5, 5.41) is 3.35. The third-order valence-corrected chi connectivity index (χ3v) is 4.57. The van der Waals surface area contributed by atoms with Crippen LogP contribution in [0.2, 0.25) is 0 Å². The van der Waals surface area contributed by atoms with Crippen molar-refractivity contribution in [2.24, 2.45) is 0 Å². The molecule has 1 heterocycles. The number of benzene rings is 1. The van der Waals surface area contributed by atoms with Crippen molar-refractivity contribution in [1.82, 2.24) is 5.32 Å². The van der Waals surface area contributed by atoms with Gasteiger partial charge in [0.05, 0.1) is 0 Å². The first kappa shape index (κ1) is 16.1. The Hall–Kier alpha value is -1.32. The lowest BCUT2D eigenvalue weighted by Crippen LogP contribution is -2.10. The van der Waals surface area contributed by atoms with Gasteiger partial charge in [0.25, 0.3) is 0 Å². The summed E-state index contributed by atoms with van der Waals surface area (Å²) in [5.74, 6) is 1.52. The van der Waals surface area contributed by atoms with Gasteiger partial charge in [-0.25, -0.2) is 0 Å². The van der Waals surface area contributed by atoms with Crippen LogP contribution >= 0.6 is 11.3 Å². The van der Waals surface area contributed by atoms with Crippen LogP contribution in [0, 0.1) is 6.92 Å². The van der Waals surface area contributed by atoms with Gasteiger partial charge in [0, 0.05) is 16.3 Å². The second kappa shape index (κ2) is 7.62. The molecule has 1 aromatic carbocycles. The van der Waals surface area contributed by atoms with E-state index in [1.165, 1.54) is 20.9 Å². The molecule has 2 aromatic rings. The Labute approximate surface area is 132 Å². The van der Waals surface area contributed by atoms with Crippen molar-refractivity contribution in [2.75, 3.05) is 6.54 Å². The van der Waals surface area contributed by atoms with Gasteiger partial charge >= 0.3 is 0 Å². The van der Waals surface area contributed by atoms with Crippen LogP contribution in [0.3, 0.4) is 0 Å². The molecule has 0 unspecified atom stereocenters. The van der Waals surface area contributed by atoms with Crippen LogP contribution < -0.4 is 10.1 Å². The standard InChI is InChI=1S/C18H25NOS/c1-5-19-11-16-7-8-17(21-16)12-20-15-6-9-18(13(2)3)14(4)10-15/h6-10,13,19H,5,11-12H2,1-4H3. The molecule has 0 amide bonds. The van der Waals surface area contributed by atoms with Crippen LogP contribution in [-0.4, -0.2) is 6.54 Å². The number of hydrogen-bond donors (Lipinski definition) is 1. The fourth-order valence-electron chi connectivity index (χ4n) is 2.38. The summed E-state index contributed by atoms with van der Waals surface area (Å²) in [6.07, 6.45) is 0. The minimum absolute atomic E-state index is 0.560. The zero-order valence-electron chi connectivity index (χ0n) is 13.4. The van der Waals surface area contributed by atoms with E-state index >= 15 is 0 Å². The Bertz CT molecular complexity index is 574. The number of ether oxygens (including phenoxy) is 1. The molecule has 0 spiro atoms. The Balaban J connectivity index is 1.93. The van der Waals surface area contributed by atoms with Crippen molar-refractivity contribution in [3.05, 3.63) is 51.2 Å². The maximum absolute atomic E-state index is 5.92. The van der Waals surface area contributed by atoms with E-state index in [2.05, 4.69) is 63.3 Å². The van der Waals surface area contributed by atoms with E-state index in [4.69, 9.17) is 4.74 Å². The molecule has 0 fully saturated rings. The SMILES string of the molecule is CCNCc1ccc(COc2ccc(C(C)C)c(C)c2)s1. The maximum atomic E-state index is 5.92. The first-order valence-electron chi connectivity index (χ1n) is 7.61. The van der Waals surface area contributed by atoms with Gasteiger partial charge in [0.1, 0.15) is 12.4 Å². The molecule has 0 saturated heterocycles. The number of nitrogens with one attached hydrogen (secondary N) is 1. The van der Waals surface area contributed by atoms with E-state index in [0.717, 1.165) is 18.8 Å². The van der Waals surface area contributed by atoms with E-state index < -0.39 is 0 Å². The van der Waals surface area contributed by atoms with Gasteiger partial charge in [-0.1, -0.05) is 26.8 Å². The average molecular weight is 303 g/mol. The molecule has 0 aliphatic carbocycles. The molecule has 0 bridgehead atoms. The molecule has 114 valence electrons. The first-order chi connectivity index (χ1) is 10.1. The van der Waals surface area contributed by atoms with Gasteiger partial charge in [-0.3, -0.25) is 0 Å². The molecule has 2 nitrogen and oxygen atoms in total. The predicted octanol–water partition coefficient (Wildman–Crippen LogP) is 4.87. The van der Waals surface area contributed by atoms with Crippen molar-refractivity contribution >= 4 is 11.3 Å². The lowest BCUT2D eigenvalue weighted by Gasteiger charge is -2.12. The molecule has 0 radical (unpaired) electrons. The quantitative estimate of drug-likeness (QED) is 0.788. The summed E-state index contributed by atoms with van der Waals surface area (Å²) in [5.41, 5.74) is 2.70. The maximum Gasteiger partial charge on any atom is 0.122 e. The van der Waals surface area contributed by atoms with Crippen LogP contribution in [0.5, 0.6) is 5.75 Å². The molecule has 21 heavy (non-hydrogen) atoms. The number of rotatable bonds is 7. The average Bonchev–Trinajstić information content (AvgIpc) is 2.90. The normalized spacial score (nSPS) is 11.1. The monoisotopic (exact) mass is 303 g/mol. The summed E-state index contributed by atoms with van der Waals surface area (Å²) in [7, 11) is 0. The summed E-state index contributed by atoms with van der Waals surface area (Å²) >= 11 is 1.82. The molecular weight excluding hydrogens is 278 g/mol. The molecule has 0 aliphatic rings. The zero-order valence-corrected chi connectivity index (χ0v) is 14.2. The van der Waals surface area contributed by atoms with E-state index in [-0.39, 0.29) is 0 Å². The van der Waals surface area contributed by atoms with Gasteiger partial charge < -0.3 is 10.1 Å². The van der Waals surface area contributed by atoms with Crippen molar-refractivity contribution in [3.8, 4) is 5.75 Å². The van der Waals surface area contributed by atoms with Gasteiger partial charge in [0.15, 0.2) is 0 Å². The van der Waals surface area contributed by atoms with Crippen LogP contribution in [0.15, 0.2) is 30.3 Å². The lowest BCUT2D eigenvalue weighted by atomic mass is 9.98. The van der Waals surface area contributed by atoms with Crippen LogP contribution in [0.4, 0.5) is 0 Å². The molecule has 2 rings (SSSR count). The fraction of sp³-hybridized carbons (Fsp3) is 0.444. The van der Waals surface area contributed by atoms with Crippen molar-refractivity contribution in [3.63, 3.8) is 0 Å². The highest BCUT2D eigenvalue weighted by molar-refractivity contribution is 7.11. The summed E-state index contributed by atoms with van der Waals surface area (Å²) in [6.45, 7) is 11.3. The Morgan fingerprint density at radius 2 is 1.90 bits per heavy atom. The Morgan fingerprint density at radius 1 is 1.14 bits per heavy atom. The van der Waals surface area contributed by atoms with Crippen LogP contribution in [-0.2, 0) is 13.2 Å². The number of aryl methyl sites for hydroxylation is 1. The first-order valence-corrected chi connectivity index (χ1v) is 8.43. The second-order valence-corrected chi connectivity index (χ2v) is 6.86. The number of thiophene rings is 1. The topological polar surface area (TPSA) is 21.3 Å². The van der Waals surface area contributed by atoms with Crippen molar-refractivity contribution in [2.45, 2.75) is 46.8 Å². The van der Waals surface area contributed by atoms with E-state index in [9.17, 15) is 0 Å². The van der Waals surface area contributed by atoms with E-state index in [0.29, 0.717) is 12.5 Å². The smallest absolute Gasteiger partial charge is 0.122 e. The van der Waals surface area contributed by atoms with Gasteiger partial charge in [-0.15, -0.1) is 11.3 Å². The molecule has 0 aliphatic heterocycles. The molecule has 3 heteroatoms. The van der Waals surface area contributed by atoms with Gasteiger partial charge in [0.2, 0.25) is 0 Å². The third kappa shape index (κ3) is 4.58. The summed E-state index contributed by atoms with van der Waals surface area (Å²) in [6, 6.07) is 10.7. The Morgan fingerprint density at radius 3 is 2.57 bits per heavy atom. The fourth-order valence-corrected chi connectivity index (χ4v) is 3.28. The highest BCUT2D eigenvalue weighted by Gasteiger charge is 2.06.